The van der Waals surface area contributed by atoms with E-state index < -0.39 is 0 Å². The Labute approximate surface area is 183 Å². The van der Waals surface area contributed by atoms with E-state index in [9.17, 15) is 4.79 Å². The van der Waals surface area contributed by atoms with Crippen molar-refractivity contribution in [1.29, 1.82) is 0 Å². The monoisotopic (exact) mass is 422 g/mol. The number of hydrogen-bond acceptors (Lipinski definition) is 4. The van der Waals surface area contributed by atoms with Crippen LogP contribution < -0.4 is 20.1 Å². The Balaban J connectivity index is 1.48. The molecule has 1 amide bonds. The molecular weight excluding hydrogens is 392 g/mol. The summed E-state index contributed by atoms with van der Waals surface area (Å²) in [5, 5.41) is 6.52. The zero-order valence-corrected chi connectivity index (χ0v) is 18.0. The summed E-state index contributed by atoms with van der Waals surface area (Å²) < 4.78 is 11.5. The van der Waals surface area contributed by atoms with Gasteiger partial charge in [-0.2, -0.15) is 0 Å². The van der Waals surface area contributed by atoms with Gasteiger partial charge in [-0.25, -0.2) is 4.99 Å². The number of aryl methyl sites for hydroxylation is 1. The number of nitrogens with zero attached hydrogens (tertiary/aromatic N) is 2. The molecule has 0 radical (unpaired) electrons. The molecule has 0 bridgehead atoms. The third-order valence-corrected chi connectivity index (χ3v) is 5.54. The van der Waals surface area contributed by atoms with Crippen molar-refractivity contribution in [2.24, 2.45) is 4.99 Å². The summed E-state index contributed by atoms with van der Waals surface area (Å²) in [4.78, 5) is 19.1. The Morgan fingerprint density at radius 3 is 2.61 bits per heavy atom. The van der Waals surface area contributed by atoms with Crippen molar-refractivity contribution in [3.05, 3.63) is 53.6 Å². The van der Waals surface area contributed by atoms with Crippen LogP contribution in [0.4, 0.5) is 5.69 Å². The maximum Gasteiger partial charge on any atom is 0.241 e. The average molecular weight is 423 g/mol. The lowest BCUT2D eigenvalue weighted by Gasteiger charge is -2.18. The summed E-state index contributed by atoms with van der Waals surface area (Å²) in [6.45, 7) is 5.77. The first-order valence-corrected chi connectivity index (χ1v) is 11.0. The fourth-order valence-corrected chi connectivity index (χ4v) is 3.71. The lowest BCUT2D eigenvalue weighted by atomic mass is 10.1. The fourth-order valence-electron chi connectivity index (χ4n) is 3.71. The Hall–Kier alpha value is -3.22. The lowest BCUT2D eigenvalue weighted by Crippen LogP contribution is -2.41. The summed E-state index contributed by atoms with van der Waals surface area (Å²) in [7, 11) is 0. The quantitative estimate of drug-likeness (QED) is 0.571. The largest absolute Gasteiger partial charge is 0.490 e. The van der Waals surface area contributed by atoms with Gasteiger partial charge in [0.15, 0.2) is 17.5 Å². The van der Waals surface area contributed by atoms with Gasteiger partial charge in [0.05, 0.1) is 26.3 Å². The van der Waals surface area contributed by atoms with Crippen LogP contribution in [0.1, 0.15) is 30.4 Å². The molecule has 2 heterocycles. The molecule has 2 aliphatic rings. The Morgan fingerprint density at radius 2 is 1.81 bits per heavy atom. The molecular formula is C24H30N4O3. The van der Waals surface area contributed by atoms with Gasteiger partial charge in [0.2, 0.25) is 5.91 Å². The number of ether oxygens (including phenoxy) is 2. The van der Waals surface area contributed by atoms with Gasteiger partial charge in [-0.1, -0.05) is 24.3 Å². The number of anilines is 1. The normalized spacial score (nSPS) is 16.0. The third-order valence-electron chi connectivity index (χ3n) is 5.54. The van der Waals surface area contributed by atoms with Gasteiger partial charge in [0.1, 0.15) is 0 Å². The van der Waals surface area contributed by atoms with E-state index in [0.717, 1.165) is 49.4 Å². The number of carbonyl (C=O) groups excluding carboxylic acids is 1. The number of amides is 1. The standard InChI is InChI=1S/C24H30N4O3/c1-18-7-2-3-8-19(18)16-25-24(26-17-23(29)28-11-4-5-12-28)27-20-9-10-21-22(15-20)31-14-6-13-30-21/h2-3,7-10,15H,4-6,11-14,16-17H2,1H3,(H2,25,26,27). The number of aliphatic imine (C=N–C) groups is 1. The van der Waals surface area contributed by atoms with Crippen LogP contribution in [0.15, 0.2) is 47.5 Å². The van der Waals surface area contributed by atoms with Gasteiger partial charge in [0.25, 0.3) is 0 Å². The average Bonchev–Trinajstić information content (AvgIpc) is 3.22. The van der Waals surface area contributed by atoms with Crippen molar-refractivity contribution >= 4 is 17.6 Å². The third kappa shape index (κ3) is 5.69. The van der Waals surface area contributed by atoms with Gasteiger partial charge in [-0.15, -0.1) is 0 Å². The molecule has 0 aromatic heterocycles. The van der Waals surface area contributed by atoms with Crippen LogP contribution in [-0.4, -0.2) is 49.6 Å². The molecule has 7 heteroatoms. The number of nitrogens with one attached hydrogen (secondary N) is 2. The minimum Gasteiger partial charge on any atom is -0.490 e. The predicted molar refractivity (Wildman–Crippen MR) is 122 cm³/mol. The maximum atomic E-state index is 12.5. The van der Waals surface area contributed by atoms with Crippen molar-refractivity contribution in [1.82, 2.24) is 10.2 Å². The fraction of sp³-hybridized carbons (Fsp3) is 0.417. The van der Waals surface area contributed by atoms with Crippen LogP contribution in [-0.2, 0) is 11.3 Å². The Kier molecular flexibility index (Phi) is 6.92. The Bertz CT molecular complexity index is 938. The molecule has 0 atom stereocenters. The van der Waals surface area contributed by atoms with Crippen LogP contribution in [0.3, 0.4) is 0 Å². The smallest absolute Gasteiger partial charge is 0.241 e. The van der Waals surface area contributed by atoms with E-state index >= 15 is 0 Å². The van der Waals surface area contributed by atoms with Crippen LogP contribution in [0, 0.1) is 6.92 Å². The summed E-state index contributed by atoms with van der Waals surface area (Å²) >= 11 is 0. The molecule has 2 N–H and O–H groups in total. The van der Waals surface area contributed by atoms with Crippen LogP contribution in [0.5, 0.6) is 11.5 Å². The van der Waals surface area contributed by atoms with Crippen LogP contribution >= 0.6 is 0 Å². The first-order chi connectivity index (χ1) is 15.2. The predicted octanol–water partition coefficient (Wildman–Crippen LogP) is 3.34. The number of fused-ring (bicyclic) bond motifs is 1. The van der Waals surface area contributed by atoms with Gasteiger partial charge in [0, 0.05) is 31.3 Å². The van der Waals surface area contributed by atoms with Crippen molar-refractivity contribution in [2.45, 2.75) is 32.7 Å². The molecule has 164 valence electrons. The van der Waals surface area contributed by atoms with E-state index in [2.05, 4.69) is 29.7 Å². The molecule has 31 heavy (non-hydrogen) atoms. The molecule has 1 fully saturated rings. The molecule has 2 aromatic carbocycles. The minimum atomic E-state index is 0.0987. The van der Waals surface area contributed by atoms with E-state index in [-0.39, 0.29) is 12.5 Å². The highest BCUT2D eigenvalue weighted by Crippen LogP contribution is 2.32. The summed E-state index contributed by atoms with van der Waals surface area (Å²) in [6, 6.07) is 13.9. The lowest BCUT2D eigenvalue weighted by molar-refractivity contribution is -0.128. The van der Waals surface area contributed by atoms with E-state index in [4.69, 9.17) is 14.5 Å². The molecule has 0 aliphatic carbocycles. The van der Waals surface area contributed by atoms with E-state index in [1.54, 1.807) is 0 Å². The van der Waals surface area contributed by atoms with Crippen LogP contribution in [0.25, 0.3) is 0 Å². The topological polar surface area (TPSA) is 75.2 Å². The molecule has 0 spiro atoms. The van der Waals surface area contributed by atoms with E-state index in [1.165, 1.54) is 5.56 Å². The summed E-state index contributed by atoms with van der Waals surface area (Å²) in [5.74, 6) is 2.12. The first kappa shape index (κ1) is 21.0. The minimum absolute atomic E-state index is 0.0987. The number of rotatable bonds is 5. The zero-order valence-electron chi connectivity index (χ0n) is 18.0. The van der Waals surface area contributed by atoms with Crippen molar-refractivity contribution in [2.75, 3.05) is 38.2 Å². The molecule has 1 saturated heterocycles. The molecule has 2 aromatic rings. The number of carbonyl (C=O) groups is 1. The van der Waals surface area contributed by atoms with Crippen molar-refractivity contribution in [3.8, 4) is 11.5 Å². The van der Waals surface area contributed by atoms with Gasteiger partial charge in [-0.3, -0.25) is 4.79 Å². The molecule has 0 saturated carbocycles. The molecule has 4 rings (SSSR count). The zero-order chi connectivity index (χ0) is 21.5. The second kappa shape index (κ2) is 10.2. The first-order valence-electron chi connectivity index (χ1n) is 11.0. The number of guanidine groups is 1. The summed E-state index contributed by atoms with van der Waals surface area (Å²) in [5.41, 5.74) is 3.16. The van der Waals surface area contributed by atoms with Crippen LogP contribution in [0.2, 0.25) is 0 Å². The highest BCUT2D eigenvalue weighted by Gasteiger charge is 2.18. The maximum absolute atomic E-state index is 12.5. The second-order valence-electron chi connectivity index (χ2n) is 7.87. The van der Waals surface area contributed by atoms with Crippen molar-refractivity contribution in [3.63, 3.8) is 0 Å². The van der Waals surface area contributed by atoms with Crippen molar-refractivity contribution < 1.29 is 14.3 Å². The number of benzene rings is 2. The SMILES string of the molecule is Cc1ccccc1CN=C(NCC(=O)N1CCCC1)Nc1ccc2c(c1)OCCCO2. The Morgan fingerprint density at radius 1 is 1.03 bits per heavy atom. The van der Waals surface area contributed by atoms with Gasteiger partial charge >= 0.3 is 0 Å². The summed E-state index contributed by atoms with van der Waals surface area (Å²) in [6.07, 6.45) is 3.02. The molecule has 2 aliphatic heterocycles. The number of likely N-dealkylation sites (tertiary alicyclic amines) is 1. The highest BCUT2D eigenvalue weighted by molar-refractivity contribution is 5.96. The second-order valence-corrected chi connectivity index (χ2v) is 7.87. The van der Waals surface area contributed by atoms with Gasteiger partial charge in [-0.05, 0) is 43.0 Å². The van der Waals surface area contributed by atoms with E-state index in [1.807, 2.05) is 35.2 Å². The number of hydrogen-bond donors (Lipinski definition) is 2. The molecule has 7 nitrogen and oxygen atoms in total. The van der Waals surface area contributed by atoms with E-state index in [0.29, 0.717) is 31.5 Å². The molecule has 0 unspecified atom stereocenters. The highest BCUT2D eigenvalue weighted by atomic mass is 16.5. The van der Waals surface area contributed by atoms with Gasteiger partial charge < -0.3 is 25.0 Å².